The van der Waals surface area contributed by atoms with E-state index in [-0.39, 0.29) is 6.10 Å². The van der Waals surface area contributed by atoms with Gasteiger partial charge in [0.25, 0.3) is 0 Å². The molecule has 16 heavy (non-hydrogen) atoms. The van der Waals surface area contributed by atoms with Gasteiger partial charge in [0.1, 0.15) is 0 Å². The highest BCUT2D eigenvalue weighted by Gasteiger charge is 2.32. The molecule has 2 heteroatoms. The van der Waals surface area contributed by atoms with Crippen molar-refractivity contribution in [3.63, 3.8) is 0 Å². The zero-order chi connectivity index (χ0) is 11.0. The molecule has 1 aromatic heterocycles. The van der Waals surface area contributed by atoms with E-state index in [0.717, 1.165) is 25.2 Å². The van der Waals surface area contributed by atoms with Crippen LogP contribution < -0.4 is 0 Å². The minimum absolute atomic E-state index is 0.165. The van der Waals surface area contributed by atoms with Gasteiger partial charge < -0.3 is 5.11 Å². The van der Waals surface area contributed by atoms with Crippen LogP contribution in [0.4, 0.5) is 0 Å². The molecule has 1 saturated carbocycles. The molecule has 0 amide bonds. The normalized spacial score (nSPS) is 26.2. The zero-order valence-corrected chi connectivity index (χ0v) is 9.60. The molecule has 0 spiro atoms. The SMILES string of the molecule is OC(CC1CC1)C1CCCc2cccnc21. The first-order valence-electron chi connectivity index (χ1n) is 6.46. The smallest absolute Gasteiger partial charge is 0.0626 e. The summed E-state index contributed by atoms with van der Waals surface area (Å²) >= 11 is 0. The number of fused-ring (bicyclic) bond motifs is 1. The number of pyridine rings is 1. The van der Waals surface area contributed by atoms with Gasteiger partial charge in [-0.05, 0) is 43.2 Å². The molecule has 1 heterocycles. The number of rotatable bonds is 3. The Bertz CT molecular complexity index is 373. The summed E-state index contributed by atoms with van der Waals surface area (Å²) in [5.74, 6) is 1.09. The topological polar surface area (TPSA) is 33.1 Å². The van der Waals surface area contributed by atoms with Crippen LogP contribution in [0.1, 0.15) is 49.3 Å². The van der Waals surface area contributed by atoms with Crippen molar-refractivity contribution in [2.45, 2.75) is 50.5 Å². The monoisotopic (exact) mass is 217 g/mol. The number of hydrogen-bond donors (Lipinski definition) is 1. The Morgan fingerprint density at radius 1 is 1.38 bits per heavy atom. The van der Waals surface area contributed by atoms with Crippen LogP contribution >= 0.6 is 0 Å². The highest BCUT2D eigenvalue weighted by molar-refractivity contribution is 5.26. The van der Waals surface area contributed by atoms with Gasteiger partial charge in [-0.3, -0.25) is 4.98 Å². The predicted molar refractivity (Wildman–Crippen MR) is 63.3 cm³/mol. The summed E-state index contributed by atoms with van der Waals surface area (Å²) in [6.45, 7) is 0. The summed E-state index contributed by atoms with van der Waals surface area (Å²) in [7, 11) is 0. The molecule has 2 aliphatic rings. The summed E-state index contributed by atoms with van der Waals surface area (Å²) in [4.78, 5) is 4.49. The Labute approximate surface area is 96.7 Å². The first-order valence-corrected chi connectivity index (χ1v) is 6.46. The summed E-state index contributed by atoms with van der Waals surface area (Å²) in [5, 5.41) is 10.3. The predicted octanol–water partition coefficient (Wildman–Crippen LogP) is 2.66. The van der Waals surface area contributed by atoms with Crippen LogP contribution in [0, 0.1) is 5.92 Å². The maximum atomic E-state index is 10.3. The lowest BCUT2D eigenvalue weighted by atomic mass is 9.82. The molecule has 3 rings (SSSR count). The number of aliphatic hydroxyl groups excluding tert-OH is 1. The molecule has 1 aromatic rings. The van der Waals surface area contributed by atoms with Crippen LogP contribution in [0.15, 0.2) is 18.3 Å². The van der Waals surface area contributed by atoms with Gasteiger partial charge in [-0.25, -0.2) is 0 Å². The summed E-state index contributed by atoms with van der Waals surface area (Å²) < 4.78 is 0. The van der Waals surface area contributed by atoms with E-state index < -0.39 is 0 Å². The largest absolute Gasteiger partial charge is 0.392 e. The first-order chi connectivity index (χ1) is 7.84. The van der Waals surface area contributed by atoms with Gasteiger partial charge in [-0.2, -0.15) is 0 Å². The van der Waals surface area contributed by atoms with Crippen molar-refractivity contribution in [2.75, 3.05) is 0 Å². The van der Waals surface area contributed by atoms with E-state index in [4.69, 9.17) is 0 Å². The quantitative estimate of drug-likeness (QED) is 0.844. The van der Waals surface area contributed by atoms with Crippen LogP contribution in [0.5, 0.6) is 0 Å². The molecular formula is C14H19NO. The molecule has 0 aliphatic heterocycles. The standard InChI is InChI=1S/C14H19NO/c16-13(9-10-6-7-10)12-5-1-3-11-4-2-8-15-14(11)12/h2,4,8,10,12-13,16H,1,3,5-7,9H2. The van der Waals surface area contributed by atoms with E-state index in [1.165, 1.54) is 30.5 Å². The van der Waals surface area contributed by atoms with Crippen LogP contribution in [-0.4, -0.2) is 16.2 Å². The maximum absolute atomic E-state index is 10.3. The van der Waals surface area contributed by atoms with Crippen molar-refractivity contribution in [3.05, 3.63) is 29.6 Å². The minimum Gasteiger partial charge on any atom is -0.392 e. The van der Waals surface area contributed by atoms with Gasteiger partial charge in [0.2, 0.25) is 0 Å². The molecule has 1 N–H and O–H groups in total. The van der Waals surface area contributed by atoms with E-state index in [2.05, 4.69) is 11.1 Å². The molecule has 0 radical (unpaired) electrons. The fourth-order valence-electron chi connectivity index (χ4n) is 2.88. The molecule has 0 aromatic carbocycles. The average molecular weight is 217 g/mol. The molecule has 2 nitrogen and oxygen atoms in total. The molecule has 2 unspecified atom stereocenters. The second-order valence-corrected chi connectivity index (χ2v) is 5.29. The third kappa shape index (κ3) is 1.99. The fraction of sp³-hybridized carbons (Fsp3) is 0.643. The molecule has 86 valence electrons. The lowest BCUT2D eigenvalue weighted by molar-refractivity contribution is 0.117. The first kappa shape index (κ1) is 10.3. The number of aryl methyl sites for hydroxylation is 1. The van der Waals surface area contributed by atoms with E-state index in [9.17, 15) is 5.11 Å². The van der Waals surface area contributed by atoms with E-state index >= 15 is 0 Å². The van der Waals surface area contributed by atoms with Crippen molar-refractivity contribution >= 4 is 0 Å². The van der Waals surface area contributed by atoms with Crippen LogP contribution in [0.25, 0.3) is 0 Å². The summed E-state index contributed by atoms with van der Waals surface area (Å²) in [5.41, 5.74) is 2.52. The van der Waals surface area contributed by atoms with Crippen molar-refractivity contribution < 1.29 is 5.11 Å². The van der Waals surface area contributed by atoms with E-state index in [1.54, 1.807) is 0 Å². The molecule has 2 aliphatic carbocycles. The Balaban J connectivity index is 1.80. The molecular weight excluding hydrogens is 198 g/mol. The molecule has 0 saturated heterocycles. The van der Waals surface area contributed by atoms with Crippen LogP contribution in [0.3, 0.4) is 0 Å². The number of aromatic nitrogens is 1. The Morgan fingerprint density at radius 2 is 2.25 bits per heavy atom. The maximum Gasteiger partial charge on any atom is 0.0626 e. The second-order valence-electron chi connectivity index (χ2n) is 5.29. The van der Waals surface area contributed by atoms with E-state index in [0.29, 0.717) is 5.92 Å². The van der Waals surface area contributed by atoms with Crippen molar-refractivity contribution in [1.82, 2.24) is 4.98 Å². The minimum atomic E-state index is -0.165. The second kappa shape index (κ2) is 4.17. The number of nitrogens with zero attached hydrogens (tertiary/aromatic N) is 1. The van der Waals surface area contributed by atoms with Crippen LogP contribution in [-0.2, 0) is 6.42 Å². The molecule has 1 fully saturated rings. The summed E-state index contributed by atoms with van der Waals surface area (Å²) in [6.07, 6.45) is 8.76. The Kier molecular flexibility index (Phi) is 2.68. The van der Waals surface area contributed by atoms with Gasteiger partial charge in [-0.15, -0.1) is 0 Å². The average Bonchev–Trinajstić information content (AvgIpc) is 3.12. The third-order valence-corrected chi connectivity index (χ3v) is 3.97. The van der Waals surface area contributed by atoms with Gasteiger partial charge in [0.05, 0.1) is 6.10 Å². The van der Waals surface area contributed by atoms with Gasteiger partial charge >= 0.3 is 0 Å². The van der Waals surface area contributed by atoms with Gasteiger partial charge in [0, 0.05) is 17.8 Å². The summed E-state index contributed by atoms with van der Waals surface area (Å²) in [6, 6.07) is 4.17. The van der Waals surface area contributed by atoms with Crippen molar-refractivity contribution in [1.29, 1.82) is 0 Å². The Hall–Kier alpha value is -0.890. The number of hydrogen-bond acceptors (Lipinski definition) is 2. The van der Waals surface area contributed by atoms with Gasteiger partial charge in [0.15, 0.2) is 0 Å². The number of aliphatic hydroxyl groups is 1. The zero-order valence-electron chi connectivity index (χ0n) is 9.60. The van der Waals surface area contributed by atoms with Crippen molar-refractivity contribution in [2.24, 2.45) is 5.92 Å². The lowest BCUT2D eigenvalue weighted by Crippen LogP contribution is -2.24. The fourth-order valence-corrected chi connectivity index (χ4v) is 2.88. The van der Waals surface area contributed by atoms with Crippen LogP contribution in [0.2, 0.25) is 0 Å². The van der Waals surface area contributed by atoms with E-state index in [1.807, 2.05) is 12.3 Å². The third-order valence-electron chi connectivity index (χ3n) is 3.97. The highest BCUT2D eigenvalue weighted by atomic mass is 16.3. The molecule has 2 atom stereocenters. The lowest BCUT2D eigenvalue weighted by Gasteiger charge is -2.28. The molecule has 0 bridgehead atoms. The van der Waals surface area contributed by atoms with Gasteiger partial charge in [-0.1, -0.05) is 18.9 Å². The highest BCUT2D eigenvalue weighted by Crippen LogP contribution is 2.39. The van der Waals surface area contributed by atoms with Crippen molar-refractivity contribution in [3.8, 4) is 0 Å². The Morgan fingerprint density at radius 3 is 3.06 bits per heavy atom.